The molecule has 1 aromatic carbocycles. The maximum atomic E-state index is 11.9. The molecule has 0 aromatic heterocycles. The van der Waals surface area contributed by atoms with Gasteiger partial charge in [-0.3, -0.25) is 9.59 Å². The third kappa shape index (κ3) is 7.89. The van der Waals surface area contributed by atoms with Crippen LogP contribution in [-0.2, 0) is 19.1 Å². The molecule has 8 heteroatoms. The van der Waals surface area contributed by atoms with Gasteiger partial charge in [-0.05, 0) is 37.0 Å². The highest BCUT2D eigenvalue weighted by atomic mass is 16.5. The molecule has 2 atom stereocenters. The number of aliphatic hydroxyl groups is 2. The molecular weight excluding hydrogens is 366 g/mol. The van der Waals surface area contributed by atoms with Crippen LogP contribution in [0.1, 0.15) is 44.2 Å². The monoisotopic (exact) mass is 393 g/mol. The van der Waals surface area contributed by atoms with E-state index >= 15 is 0 Å². The molecule has 0 spiro atoms. The first kappa shape index (κ1) is 23.3. The summed E-state index contributed by atoms with van der Waals surface area (Å²) in [5.41, 5.74) is 0.370. The van der Waals surface area contributed by atoms with Gasteiger partial charge in [-0.15, -0.1) is 0 Å². The molecule has 0 radical (unpaired) electrons. The van der Waals surface area contributed by atoms with Gasteiger partial charge in [-0.25, -0.2) is 4.79 Å². The van der Waals surface area contributed by atoms with Crippen LogP contribution < -0.4 is 10.1 Å². The van der Waals surface area contributed by atoms with Gasteiger partial charge in [0.25, 0.3) is 5.91 Å². The maximum Gasteiger partial charge on any atom is 0.333 e. The number of esters is 2. The summed E-state index contributed by atoms with van der Waals surface area (Å²) in [6.45, 7) is 1.27. The van der Waals surface area contributed by atoms with Crippen LogP contribution in [0, 0.1) is 0 Å². The van der Waals surface area contributed by atoms with E-state index in [0.29, 0.717) is 17.7 Å². The zero-order valence-electron chi connectivity index (χ0n) is 16.1. The van der Waals surface area contributed by atoms with Gasteiger partial charge < -0.3 is 25.0 Å². The fourth-order valence-corrected chi connectivity index (χ4v) is 2.28. The molecule has 0 heterocycles. The molecule has 0 bridgehead atoms. The van der Waals surface area contributed by atoms with E-state index in [-0.39, 0.29) is 12.4 Å². The molecule has 1 rings (SSSR count). The Morgan fingerprint density at radius 1 is 1.18 bits per heavy atom. The Morgan fingerprint density at radius 2 is 1.86 bits per heavy atom. The molecule has 28 heavy (non-hydrogen) atoms. The van der Waals surface area contributed by atoms with Crippen LogP contribution in [0.5, 0.6) is 5.75 Å². The van der Waals surface area contributed by atoms with Crippen LogP contribution in [0.15, 0.2) is 36.4 Å². The molecule has 0 aliphatic carbocycles. The van der Waals surface area contributed by atoms with E-state index in [0.717, 1.165) is 20.0 Å². The van der Waals surface area contributed by atoms with Crippen LogP contribution in [-0.4, -0.2) is 47.9 Å². The van der Waals surface area contributed by atoms with E-state index in [1.807, 2.05) is 19.1 Å². The number of allylic oxidation sites excluding steroid dienone is 2. The molecule has 0 aliphatic heterocycles. The lowest BCUT2D eigenvalue weighted by Crippen LogP contribution is -2.42. The molecule has 8 nitrogen and oxygen atoms in total. The topological polar surface area (TPSA) is 122 Å². The Kier molecular flexibility index (Phi) is 10.5. The first-order chi connectivity index (χ1) is 13.4. The molecule has 1 aromatic rings. The molecule has 0 saturated carbocycles. The SMILES string of the molecule is CC/C=C\CCCC(=O)Oc1ccc(C(NC(=O)C(O)CO)C(=O)OC)cc1. The number of aliphatic hydroxyl groups excluding tert-OH is 2. The van der Waals surface area contributed by atoms with E-state index in [1.165, 1.54) is 24.3 Å². The molecular formula is C20H27NO7. The average Bonchev–Trinajstić information content (AvgIpc) is 2.71. The highest BCUT2D eigenvalue weighted by molar-refractivity contribution is 5.87. The van der Waals surface area contributed by atoms with Crippen molar-refractivity contribution in [1.29, 1.82) is 0 Å². The van der Waals surface area contributed by atoms with Gasteiger partial charge in [-0.2, -0.15) is 0 Å². The van der Waals surface area contributed by atoms with Gasteiger partial charge >= 0.3 is 11.9 Å². The van der Waals surface area contributed by atoms with Gasteiger partial charge in [0.1, 0.15) is 5.75 Å². The van der Waals surface area contributed by atoms with Crippen molar-refractivity contribution in [3.05, 3.63) is 42.0 Å². The van der Waals surface area contributed by atoms with Crippen molar-refractivity contribution in [1.82, 2.24) is 5.32 Å². The van der Waals surface area contributed by atoms with Crippen LogP contribution in [0.3, 0.4) is 0 Å². The maximum absolute atomic E-state index is 11.9. The van der Waals surface area contributed by atoms with Crippen molar-refractivity contribution in [2.75, 3.05) is 13.7 Å². The lowest BCUT2D eigenvalue weighted by Gasteiger charge is -2.18. The zero-order chi connectivity index (χ0) is 20.9. The number of amides is 1. The first-order valence-corrected chi connectivity index (χ1v) is 9.05. The summed E-state index contributed by atoms with van der Waals surface area (Å²) in [6.07, 6.45) is 5.16. The lowest BCUT2D eigenvalue weighted by atomic mass is 10.1. The summed E-state index contributed by atoms with van der Waals surface area (Å²) in [5.74, 6) is -1.71. The summed E-state index contributed by atoms with van der Waals surface area (Å²) in [7, 11) is 1.16. The molecule has 0 aliphatic rings. The second-order valence-electron chi connectivity index (χ2n) is 5.98. The van der Waals surface area contributed by atoms with Gasteiger partial charge in [0, 0.05) is 6.42 Å². The summed E-state index contributed by atoms with van der Waals surface area (Å²) in [4.78, 5) is 35.5. The zero-order valence-corrected chi connectivity index (χ0v) is 16.1. The number of hydrogen-bond acceptors (Lipinski definition) is 7. The number of unbranched alkanes of at least 4 members (excludes halogenated alkanes) is 1. The van der Waals surface area contributed by atoms with Gasteiger partial charge in [0.2, 0.25) is 0 Å². The van der Waals surface area contributed by atoms with Crippen molar-refractivity contribution in [2.24, 2.45) is 0 Å². The number of carbonyl (C=O) groups is 3. The number of rotatable bonds is 11. The lowest BCUT2D eigenvalue weighted by molar-refractivity contribution is -0.147. The second-order valence-corrected chi connectivity index (χ2v) is 5.98. The van der Waals surface area contributed by atoms with Crippen LogP contribution >= 0.6 is 0 Å². The Bertz CT molecular complexity index is 670. The Balaban J connectivity index is 2.70. The van der Waals surface area contributed by atoms with E-state index in [4.69, 9.17) is 9.84 Å². The number of nitrogens with one attached hydrogen (secondary N) is 1. The fourth-order valence-electron chi connectivity index (χ4n) is 2.28. The molecule has 154 valence electrons. The van der Waals surface area contributed by atoms with Crippen molar-refractivity contribution >= 4 is 17.8 Å². The van der Waals surface area contributed by atoms with E-state index in [9.17, 15) is 19.5 Å². The quantitative estimate of drug-likeness (QED) is 0.225. The summed E-state index contributed by atoms with van der Waals surface area (Å²) in [6, 6.07) is 4.82. The molecule has 0 saturated heterocycles. The highest BCUT2D eigenvalue weighted by Crippen LogP contribution is 2.20. The fraction of sp³-hybridized carbons (Fsp3) is 0.450. The second kappa shape index (κ2) is 12.6. The summed E-state index contributed by atoms with van der Waals surface area (Å²) >= 11 is 0. The first-order valence-electron chi connectivity index (χ1n) is 9.05. The molecule has 2 unspecified atom stereocenters. The minimum Gasteiger partial charge on any atom is -0.467 e. The number of hydrogen-bond donors (Lipinski definition) is 3. The van der Waals surface area contributed by atoms with Crippen molar-refractivity contribution in [3.8, 4) is 5.75 Å². The Morgan fingerprint density at radius 3 is 2.43 bits per heavy atom. The Hall–Kier alpha value is -2.71. The van der Waals surface area contributed by atoms with Crippen molar-refractivity contribution < 1.29 is 34.1 Å². The number of carbonyl (C=O) groups excluding carboxylic acids is 3. The minimum absolute atomic E-state index is 0.287. The van der Waals surface area contributed by atoms with Crippen molar-refractivity contribution in [2.45, 2.75) is 44.8 Å². The van der Waals surface area contributed by atoms with Gasteiger partial charge in [0.15, 0.2) is 12.1 Å². The Labute approximate surface area is 164 Å². The minimum atomic E-state index is -1.65. The summed E-state index contributed by atoms with van der Waals surface area (Å²) < 4.78 is 9.90. The van der Waals surface area contributed by atoms with E-state index < -0.39 is 30.6 Å². The third-order valence-electron chi connectivity index (χ3n) is 3.80. The average molecular weight is 393 g/mol. The predicted octanol–water partition coefficient (Wildman–Crippen LogP) is 1.41. The number of benzene rings is 1. The third-order valence-corrected chi connectivity index (χ3v) is 3.80. The van der Waals surface area contributed by atoms with Gasteiger partial charge in [0.05, 0.1) is 13.7 Å². The van der Waals surface area contributed by atoms with Crippen LogP contribution in [0.2, 0.25) is 0 Å². The largest absolute Gasteiger partial charge is 0.467 e. The number of ether oxygens (including phenoxy) is 2. The molecule has 3 N–H and O–H groups in total. The molecule has 1 amide bonds. The normalized spacial score (nSPS) is 13.0. The van der Waals surface area contributed by atoms with E-state index in [1.54, 1.807) is 0 Å². The molecule has 0 fully saturated rings. The predicted molar refractivity (Wildman–Crippen MR) is 101 cm³/mol. The standard InChI is InChI=1S/C20H27NO7/c1-3-4-5-6-7-8-17(24)28-15-11-9-14(10-12-15)18(20(26)27-2)21-19(25)16(23)13-22/h4-5,9-12,16,18,22-23H,3,6-8,13H2,1-2H3,(H,21,25)/b5-4-. The van der Waals surface area contributed by atoms with Gasteiger partial charge in [-0.1, -0.05) is 31.2 Å². The van der Waals surface area contributed by atoms with Crippen LogP contribution in [0.25, 0.3) is 0 Å². The van der Waals surface area contributed by atoms with E-state index in [2.05, 4.69) is 10.1 Å². The van der Waals surface area contributed by atoms with Crippen molar-refractivity contribution in [3.63, 3.8) is 0 Å². The highest BCUT2D eigenvalue weighted by Gasteiger charge is 2.26. The summed E-state index contributed by atoms with van der Waals surface area (Å²) in [5, 5.41) is 20.5. The number of methoxy groups -OCH3 is 1. The smallest absolute Gasteiger partial charge is 0.333 e. The van der Waals surface area contributed by atoms with Crippen LogP contribution in [0.4, 0.5) is 0 Å².